The maximum atomic E-state index is 12.0. The number of aliphatic carboxylic acids is 1. The molecule has 0 bridgehead atoms. The molecule has 1 amide bonds. The van der Waals surface area contributed by atoms with E-state index in [1.807, 2.05) is 30.3 Å². The number of para-hydroxylation sites is 1. The zero-order valence-electron chi connectivity index (χ0n) is 11.9. The van der Waals surface area contributed by atoms with Crippen LogP contribution in [0.25, 0.3) is 10.9 Å². The summed E-state index contributed by atoms with van der Waals surface area (Å²) in [5, 5.41) is 12.4. The Bertz CT molecular complexity index is 586. The molecule has 3 N–H and O–H groups in total. The van der Waals surface area contributed by atoms with Crippen LogP contribution in [0.4, 0.5) is 0 Å². The number of hydrogen-bond donors (Lipinski definition) is 3. The molecule has 0 unspecified atom stereocenters. The molecule has 0 aliphatic heterocycles. The average Bonchev–Trinajstić information content (AvgIpc) is 2.89. The Morgan fingerprint density at radius 2 is 1.86 bits per heavy atom. The first-order chi connectivity index (χ1) is 10.2. The number of carboxylic acids is 1. The standard InChI is InChI=1S/C16H20N2O3/c19-15(20)9-3-1-2-6-10-17-16(21)14-11-12-7-4-5-8-13(12)18-14/h4-5,7-8,11,18H,1-3,6,9-10H2,(H,17,21)(H,19,20). The molecule has 112 valence electrons. The van der Waals surface area contributed by atoms with Crippen LogP contribution in [0.5, 0.6) is 0 Å². The fourth-order valence-electron chi connectivity index (χ4n) is 2.25. The lowest BCUT2D eigenvalue weighted by Gasteiger charge is -2.03. The summed E-state index contributed by atoms with van der Waals surface area (Å²) >= 11 is 0. The van der Waals surface area contributed by atoms with Crippen molar-refractivity contribution in [3.8, 4) is 0 Å². The zero-order chi connectivity index (χ0) is 15.1. The number of hydrogen-bond acceptors (Lipinski definition) is 2. The molecule has 0 atom stereocenters. The molecule has 0 radical (unpaired) electrons. The highest BCUT2D eigenvalue weighted by atomic mass is 16.4. The Labute approximate surface area is 123 Å². The van der Waals surface area contributed by atoms with Gasteiger partial charge in [0, 0.05) is 23.9 Å². The number of rotatable bonds is 8. The highest BCUT2D eigenvalue weighted by Gasteiger charge is 2.08. The predicted octanol–water partition coefficient (Wildman–Crippen LogP) is 2.93. The SMILES string of the molecule is O=C(O)CCCCCCNC(=O)c1cc2ccccc2[nH]1. The zero-order valence-corrected chi connectivity index (χ0v) is 11.9. The fourth-order valence-corrected chi connectivity index (χ4v) is 2.25. The molecule has 2 rings (SSSR count). The van der Waals surface area contributed by atoms with Crippen molar-refractivity contribution >= 4 is 22.8 Å². The van der Waals surface area contributed by atoms with E-state index in [4.69, 9.17) is 5.11 Å². The number of carboxylic acid groups (broad SMARTS) is 1. The first-order valence-electron chi connectivity index (χ1n) is 7.24. The minimum atomic E-state index is -0.748. The van der Waals surface area contributed by atoms with E-state index in [-0.39, 0.29) is 12.3 Å². The molecule has 21 heavy (non-hydrogen) atoms. The lowest BCUT2D eigenvalue weighted by Crippen LogP contribution is -2.24. The summed E-state index contributed by atoms with van der Waals surface area (Å²) in [6.45, 7) is 0.612. The summed E-state index contributed by atoms with van der Waals surface area (Å²) in [6, 6.07) is 9.61. The molecular weight excluding hydrogens is 268 g/mol. The summed E-state index contributed by atoms with van der Waals surface area (Å²) < 4.78 is 0. The van der Waals surface area contributed by atoms with Crippen LogP contribution >= 0.6 is 0 Å². The minimum Gasteiger partial charge on any atom is -0.481 e. The van der Waals surface area contributed by atoms with Gasteiger partial charge in [-0.25, -0.2) is 0 Å². The number of carbonyl (C=O) groups excluding carboxylic acids is 1. The maximum Gasteiger partial charge on any atom is 0.303 e. The van der Waals surface area contributed by atoms with E-state index in [0.29, 0.717) is 18.7 Å². The molecule has 5 heteroatoms. The summed E-state index contributed by atoms with van der Waals surface area (Å²) in [7, 11) is 0. The molecule has 0 spiro atoms. The van der Waals surface area contributed by atoms with Crippen molar-refractivity contribution in [3.63, 3.8) is 0 Å². The van der Waals surface area contributed by atoms with Gasteiger partial charge in [0.2, 0.25) is 0 Å². The van der Waals surface area contributed by atoms with E-state index in [1.165, 1.54) is 0 Å². The number of fused-ring (bicyclic) bond motifs is 1. The summed E-state index contributed by atoms with van der Waals surface area (Å²) in [6.07, 6.45) is 3.60. The predicted molar refractivity (Wildman–Crippen MR) is 81.4 cm³/mol. The van der Waals surface area contributed by atoms with Gasteiger partial charge in [0.05, 0.1) is 0 Å². The Kier molecular flexibility index (Phi) is 5.37. The largest absolute Gasteiger partial charge is 0.481 e. The average molecular weight is 288 g/mol. The van der Waals surface area contributed by atoms with E-state index in [9.17, 15) is 9.59 Å². The van der Waals surface area contributed by atoms with Crippen LogP contribution in [0.3, 0.4) is 0 Å². The van der Waals surface area contributed by atoms with Crippen molar-refractivity contribution in [1.29, 1.82) is 0 Å². The Balaban J connectivity index is 1.69. The van der Waals surface area contributed by atoms with E-state index in [2.05, 4.69) is 10.3 Å². The molecule has 1 heterocycles. The highest BCUT2D eigenvalue weighted by molar-refractivity contribution is 5.97. The minimum absolute atomic E-state index is 0.100. The van der Waals surface area contributed by atoms with Gasteiger partial charge in [-0.3, -0.25) is 9.59 Å². The summed E-state index contributed by atoms with van der Waals surface area (Å²) in [5.41, 5.74) is 1.53. The smallest absolute Gasteiger partial charge is 0.303 e. The number of aromatic amines is 1. The van der Waals surface area contributed by atoms with Gasteiger partial charge in [-0.1, -0.05) is 31.0 Å². The van der Waals surface area contributed by atoms with E-state index in [0.717, 1.165) is 30.2 Å². The highest BCUT2D eigenvalue weighted by Crippen LogP contribution is 2.14. The van der Waals surface area contributed by atoms with Crippen LogP contribution in [0.15, 0.2) is 30.3 Å². The van der Waals surface area contributed by atoms with E-state index >= 15 is 0 Å². The summed E-state index contributed by atoms with van der Waals surface area (Å²) in [4.78, 5) is 25.4. The number of amides is 1. The number of H-pyrrole nitrogens is 1. The Morgan fingerprint density at radius 1 is 1.10 bits per heavy atom. The molecular formula is C16H20N2O3. The van der Waals surface area contributed by atoms with E-state index < -0.39 is 5.97 Å². The molecule has 0 fully saturated rings. The molecule has 5 nitrogen and oxygen atoms in total. The Hall–Kier alpha value is -2.30. The van der Waals surface area contributed by atoms with E-state index in [1.54, 1.807) is 0 Å². The molecule has 0 saturated heterocycles. The number of benzene rings is 1. The second-order valence-electron chi connectivity index (χ2n) is 5.08. The molecule has 0 aliphatic rings. The number of nitrogens with one attached hydrogen (secondary N) is 2. The third-order valence-electron chi connectivity index (χ3n) is 3.38. The molecule has 1 aromatic heterocycles. The van der Waals surface area contributed by atoms with Crippen LogP contribution in [-0.2, 0) is 4.79 Å². The quantitative estimate of drug-likeness (QED) is 0.653. The van der Waals surface area contributed by atoms with Gasteiger partial charge in [-0.05, 0) is 25.0 Å². The molecule has 0 aliphatic carbocycles. The van der Waals surface area contributed by atoms with Crippen molar-refractivity contribution in [2.24, 2.45) is 0 Å². The normalized spacial score (nSPS) is 10.7. The van der Waals surface area contributed by atoms with Crippen LogP contribution in [0, 0.1) is 0 Å². The lowest BCUT2D eigenvalue weighted by atomic mass is 10.1. The first kappa shape index (κ1) is 15.1. The van der Waals surface area contributed by atoms with Gasteiger partial charge < -0.3 is 15.4 Å². The van der Waals surface area contributed by atoms with Crippen molar-refractivity contribution in [3.05, 3.63) is 36.0 Å². The van der Waals surface area contributed by atoms with Crippen molar-refractivity contribution < 1.29 is 14.7 Å². The van der Waals surface area contributed by atoms with Crippen LogP contribution in [0.2, 0.25) is 0 Å². The number of carbonyl (C=O) groups is 2. The molecule has 0 saturated carbocycles. The van der Waals surface area contributed by atoms with Crippen molar-refractivity contribution in [2.45, 2.75) is 32.1 Å². The monoisotopic (exact) mass is 288 g/mol. The number of unbranched alkanes of at least 4 members (excludes halogenated alkanes) is 3. The molecule has 1 aromatic carbocycles. The van der Waals surface area contributed by atoms with Gasteiger partial charge in [0.15, 0.2) is 0 Å². The lowest BCUT2D eigenvalue weighted by molar-refractivity contribution is -0.137. The maximum absolute atomic E-state index is 12.0. The van der Waals surface area contributed by atoms with Gasteiger partial charge in [-0.15, -0.1) is 0 Å². The van der Waals surface area contributed by atoms with Crippen molar-refractivity contribution in [1.82, 2.24) is 10.3 Å². The van der Waals surface area contributed by atoms with Gasteiger partial charge in [-0.2, -0.15) is 0 Å². The summed E-state index contributed by atoms with van der Waals surface area (Å²) in [5.74, 6) is -0.848. The van der Waals surface area contributed by atoms with Gasteiger partial charge >= 0.3 is 5.97 Å². The third kappa shape index (κ3) is 4.63. The number of aromatic nitrogens is 1. The Morgan fingerprint density at radius 3 is 2.62 bits per heavy atom. The van der Waals surface area contributed by atoms with Crippen LogP contribution in [0.1, 0.15) is 42.6 Å². The van der Waals surface area contributed by atoms with Crippen LogP contribution < -0.4 is 5.32 Å². The molecule has 2 aromatic rings. The fraction of sp³-hybridized carbons (Fsp3) is 0.375. The third-order valence-corrected chi connectivity index (χ3v) is 3.38. The van der Waals surface area contributed by atoms with Gasteiger partial charge in [0.25, 0.3) is 5.91 Å². The topological polar surface area (TPSA) is 82.2 Å². The second kappa shape index (κ2) is 7.47. The van der Waals surface area contributed by atoms with Gasteiger partial charge in [0.1, 0.15) is 5.69 Å². The second-order valence-corrected chi connectivity index (χ2v) is 5.08. The van der Waals surface area contributed by atoms with Crippen molar-refractivity contribution in [2.75, 3.05) is 6.54 Å². The first-order valence-corrected chi connectivity index (χ1v) is 7.24. The van der Waals surface area contributed by atoms with Crippen LogP contribution in [-0.4, -0.2) is 28.5 Å².